The number of rotatable bonds is 7. The average molecular weight is 444 g/mol. The highest BCUT2D eigenvalue weighted by molar-refractivity contribution is 7.89. The van der Waals surface area contributed by atoms with Crippen molar-refractivity contribution in [3.63, 3.8) is 0 Å². The van der Waals surface area contributed by atoms with Gasteiger partial charge in [0, 0.05) is 30.9 Å². The van der Waals surface area contributed by atoms with Crippen LogP contribution in [0.15, 0.2) is 53.7 Å². The fourth-order valence-corrected chi connectivity index (χ4v) is 5.49. The van der Waals surface area contributed by atoms with Crippen LogP contribution in [0.5, 0.6) is 5.75 Å². The van der Waals surface area contributed by atoms with Crippen molar-refractivity contribution in [3.05, 3.63) is 54.4 Å². The molecule has 0 unspecified atom stereocenters. The Hall–Kier alpha value is -2.91. The van der Waals surface area contributed by atoms with Gasteiger partial charge in [0.05, 0.1) is 23.5 Å². The lowest BCUT2D eigenvalue weighted by atomic mass is 10.2. The zero-order valence-corrected chi connectivity index (χ0v) is 18.2. The molecule has 1 N–H and O–H groups in total. The van der Waals surface area contributed by atoms with Crippen LogP contribution >= 0.6 is 0 Å². The molecule has 8 nitrogen and oxygen atoms in total. The standard InChI is InChI=1S/C22H25N3O5S/c1-15(2)30-18-5-7-19(8-6-18)31(28,29)24-11-9-17(14-24)25-13-16(12-21(26)27)20-4-3-10-23-22(20)25/h3-8,10,13,15,17H,9,11-12,14H2,1-2H3,(H,26,27)/t17-/m0/s1. The number of carboxylic acid groups (broad SMARTS) is 1. The second kappa shape index (κ2) is 8.32. The molecule has 1 saturated heterocycles. The van der Waals surface area contributed by atoms with E-state index in [1.54, 1.807) is 42.7 Å². The number of sulfonamides is 1. The van der Waals surface area contributed by atoms with E-state index < -0.39 is 16.0 Å². The number of carbonyl (C=O) groups is 1. The van der Waals surface area contributed by atoms with Crippen LogP contribution in [0.25, 0.3) is 11.0 Å². The number of ether oxygens (including phenoxy) is 1. The van der Waals surface area contributed by atoms with Gasteiger partial charge in [-0.15, -0.1) is 0 Å². The molecule has 1 aliphatic rings. The van der Waals surface area contributed by atoms with Gasteiger partial charge in [-0.05, 0) is 62.2 Å². The molecule has 4 rings (SSSR count). The van der Waals surface area contributed by atoms with Crippen molar-refractivity contribution < 1.29 is 23.1 Å². The number of hydrogen-bond acceptors (Lipinski definition) is 5. The number of fused-ring (bicyclic) bond motifs is 1. The van der Waals surface area contributed by atoms with Gasteiger partial charge in [-0.1, -0.05) is 0 Å². The van der Waals surface area contributed by atoms with E-state index in [1.807, 2.05) is 24.5 Å². The molecule has 2 aromatic heterocycles. The molecule has 0 spiro atoms. The molecule has 0 bridgehead atoms. The maximum atomic E-state index is 13.1. The summed E-state index contributed by atoms with van der Waals surface area (Å²) in [5.74, 6) is -0.285. The maximum Gasteiger partial charge on any atom is 0.307 e. The Morgan fingerprint density at radius 3 is 2.68 bits per heavy atom. The average Bonchev–Trinajstić information content (AvgIpc) is 3.34. The van der Waals surface area contributed by atoms with Crippen LogP contribution in [0.1, 0.15) is 31.9 Å². The van der Waals surface area contributed by atoms with Crippen molar-refractivity contribution in [2.75, 3.05) is 13.1 Å². The van der Waals surface area contributed by atoms with E-state index in [0.717, 1.165) is 5.39 Å². The minimum atomic E-state index is -3.64. The zero-order chi connectivity index (χ0) is 22.2. The van der Waals surface area contributed by atoms with Gasteiger partial charge < -0.3 is 14.4 Å². The number of aromatic nitrogens is 2. The van der Waals surface area contributed by atoms with Gasteiger partial charge in [0.2, 0.25) is 10.0 Å². The molecule has 1 fully saturated rings. The highest BCUT2D eigenvalue weighted by atomic mass is 32.2. The quantitative estimate of drug-likeness (QED) is 0.602. The SMILES string of the molecule is CC(C)Oc1ccc(S(=O)(=O)N2CC[C@H](n3cc(CC(=O)O)c4cccnc43)C2)cc1. The Kier molecular flexibility index (Phi) is 5.72. The fraction of sp³-hybridized carbons (Fsp3) is 0.364. The molecule has 0 aliphatic carbocycles. The van der Waals surface area contributed by atoms with Crippen molar-refractivity contribution in [2.45, 2.75) is 43.7 Å². The third-order valence-electron chi connectivity index (χ3n) is 5.37. The number of aliphatic carboxylic acids is 1. The molecule has 9 heteroatoms. The monoisotopic (exact) mass is 443 g/mol. The van der Waals surface area contributed by atoms with E-state index in [2.05, 4.69) is 4.98 Å². The molecule has 3 aromatic rings. The minimum Gasteiger partial charge on any atom is -0.491 e. The minimum absolute atomic E-state index is 0.0119. The summed E-state index contributed by atoms with van der Waals surface area (Å²) in [6, 6.07) is 9.98. The van der Waals surface area contributed by atoms with Crippen molar-refractivity contribution in [3.8, 4) is 5.75 Å². The summed E-state index contributed by atoms with van der Waals surface area (Å²) in [6.45, 7) is 4.52. The highest BCUT2D eigenvalue weighted by Crippen LogP contribution is 2.32. The number of nitrogens with zero attached hydrogens (tertiary/aromatic N) is 3. The predicted molar refractivity (Wildman–Crippen MR) is 116 cm³/mol. The molecule has 1 aliphatic heterocycles. The summed E-state index contributed by atoms with van der Waals surface area (Å²) in [5.41, 5.74) is 1.36. The molecular formula is C22H25N3O5S. The maximum absolute atomic E-state index is 13.1. The second-order valence-electron chi connectivity index (χ2n) is 7.95. The van der Waals surface area contributed by atoms with E-state index in [9.17, 15) is 18.3 Å². The van der Waals surface area contributed by atoms with E-state index >= 15 is 0 Å². The van der Waals surface area contributed by atoms with E-state index in [0.29, 0.717) is 36.5 Å². The summed E-state index contributed by atoms with van der Waals surface area (Å²) >= 11 is 0. The van der Waals surface area contributed by atoms with Crippen LogP contribution in [-0.4, -0.2) is 52.5 Å². The number of benzene rings is 1. The second-order valence-corrected chi connectivity index (χ2v) is 9.89. The molecule has 0 saturated carbocycles. The Morgan fingerprint density at radius 1 is 1.26 bits per heavy atom. The Morgan fingerprint density at radius 2 is 2.00 bits per heavy atom. The molecule has 3 heterocycles. The van der Waals surface area contributed by atoms with Gasteiger partial charge in [0.25, 0.3) is 0 Å². The van der Waals surface area contributed by atoms with Gasteiger partial charge in [-0.2, -0.15) is 4.31 Å². The topological polar surface area (TPSA) is 102 Å². The van der Waals surface area contributed by atoms with Gasteiger partial charge in [0.15, 0.2) is 0 Å². The van der Waals surface area contributed by atoms with Crippen molar-refractivity contribution in [1.29, 1.82) is 0 Å². The van der Waals surface area contributed by atoms with Crippen molar-refractivity contribution in [2.24, 2.45) is 0 Å². The largest absolute Gasteiger partial charge is 0.491 e. The van der Waals surface area contributed by atoms with Crippen LogP contribution in [0.3, 0.4) is 0 Å². The Bertz CT molecular complexity index is 1200. The van der Waals surface area contributed by atoms with Crippen LogP contribution in [0, 0.1) is 0 Å². The zero-order valence-electron chi connectivity index (χ0n) is 17.4. The number of carboxylic acids is 1. The molecule has 0 radical (unpaired) electrons. The first-order chi connectivity index (χ1) is 14.8. The Balaban J connectivity index is 1.57. The first-order valence-electron chi connectivity index (χ1n) is 10.2. The van der Waals surface area contributed by atoms with Gasteiger partial charge in [0.1, 0.15) is 11.4 Å². The summed E-state index contributed by atoms with van der Waals surface area (Å²) in [5, 5.41) is 10.0. The van der Waals surface area contributed by atoms with E-state index in [4.69, 9.17) is 4.74 Å². The molecule has 0 amide bonds. The molecule has 164 valence electrons. The van der Waals surface area contributed by atoms with Gasteiger partial charge in [-0.3, -0.25) is 4.79 Å². The van der Waals surface area contributed by atoms with Crippen LogP contribution in [-0.2, 0) is 21.2 Å². The highest BCUT2D eigenvalue weighted by Gasteiger charge is 2.34. The van der Waals surface area contributed by atoms with Crippen LogP contribution in [0.4, 0.5) is 0 Å². The number of hydrogen-bond donors (Lipinski definition) is 1. The first kappa shape index (κ1) is 21.3. The van der Waals surface area contributed by atoms with Crippen LogP contribution < -0.4 is 4.74 Å². The van der Waals surface area contributed by atoms with Crippen molar-refractivity contribution in [1.82, 2.24) is 13.9 Å². The fourth-order valence-electron chi connectivity index (χ4n) is 4.00. The summed E-state index contributed by atoms with van der Waals surface area (Å²) in [7, 11) is -3.64. The summed E-state index contributed by atoms with van der Waals surface area (Å²) < 4.78 is 35.3. The molecule has 1 atom stereocenters. The van der Waals surface area contributed by atoms with Crippen LogP contribution in [0.2, 0.25) is 0 Å². The third kappa shape index (κ3) is 4.28. The summed E-state index contributed by atoms with van der Waals surface area (Å²) in [6.07, 6.45) is 3.99. The van der Waals surface area contributed by atoms with Crippen molar-refractivity contribution >= 4 is 27.0 Å². The molecule has 1 aromatic carbocycles. The third-order valence-corrected chi connectivity index (χ3v) is 7.25. The lowest BCUT2D eigenvalue weighted by molar-refractivity contribution is -0.136. The first-order valence-corrected chi connectivity index (χ1v) is 11.6. The lowest BCUT2D eigenvalue weighted by Gasteiger charge is -2.18. The normalized spacial score (nSPS) is 17.5. The van der Waals surface area contributed by atoms with E-state index in [1.165, 1.54) is 4.31 Å². The Labute approximate surface area is 181 Å². The van der Waals surface area contributed by atoms with Gasteiger partial charge >= 0.3 is 5.97 Å². The molecular weight excluding hydrogens is 418 g/mol. The van der Waals surface area contributed by atoms with E-state index in [-0.39, 0.29) is 23.5 Å². The summed E-state index contributed by atoms with van der Waals surface area (Å²) in [4.78, 5) is 15.9. The van der Waals surface area contributed by atoms with Gasteiger partial charge in [-0.25, -0.2) is 13.4 Å². The predicted octanol–water partition coefficient (Wildman–Crippen LogP) is 3.09. The molecule has 31 heavy (non-hydrogen) atoms. The number of pyridine rings is 1. The lowest BCUT2D eigenvalue weighted by Crippen LogP contribution is -2.29. The smallest absolute Gasteiger partial charge is 0.307 e.